The number of nitrogens with zero attached hydrogens (tertiary/aromatic N) is 2. The minimum Gasteiger partial charge on any atom is -0.399 e. The third-order valence-corrected chi connectivity index (χ3v) is 7.29. The normalized spacial score (nSPS) is 18.7. The topological polar surface area (TPSA) is 45.5 Å². The van der Waals surface area contributed by atoms with Crippen molar-refractivity contribution in [1.29, 1.82) is 0 Å². The molecule has 33 heavy (non-hydrogen) atoms. The van der Waals surface area contributed by atoms with Gasteiger partial charge in [0.05, 0.1) is 23.4 Å². The zero-order valence-electron chi connectivity index (χ0n) is 20.0. The van der Waals surface area contributed by atoms with Crippen LogP contribution >= 0.6 is 10.0 Å². The summed E-state index contributed by atoms with van der Waals surface area (Å²) in [6, 6.07) is 4.19. The molecule has 1 aromatic carbocycles. The van der Waals surface area contributed by atoms with Gasteiger partial charge in [-0.2, -0.15) is 13.2 Å². The Morgan fingerprint density at radius 3 is 2.21 bits per heavy atom. The molecule has 0 spiro atoms. The van der Waals surface area contributed by atoms with Gasteiger partial charge in [0.1, 0.15) is 18.4 Å². The van der Waals surface area contributed by atoms with Crippen LogP contribution in [0.2, 0.25) is 0 Å². The van der Waals surface area contributed by atoms with Crippen molar-refractivity contribution < 1.29 is 31.6 Å². The molecule has 1 aromatic heterocycles. The van der Waals surface area contributed by atoms with E-state index in [0.717, 1.165) is 11.9 Å². The third-order valence-electron chi connectivity index (χ3n) is 5.90. The molecule has 1 aliphatic rings. The van der Waals surface area contributed by atoms with E-state index in [1.807, 2.05) is 27.7 Å². The zero-order valence-corrected chi connectivity index (χ0v) is 20.9. The first-order chi connectivity index (χ1) is 15.0. The first-order valence-corrected chi connectivity index (χ1v) is 13.6. The molecule has 0 saturated carbocycles. The van der Waals surface area contributed by atoms with Gasteiger partial charge >= 0.3 is 13.3 Å². The molecule has 11 heteroatoms. The van der Waals surface area contributed by atoms with Crippen molar-refractivity contribution in [2.75, 3.05) is 31.1 Å². The van der Waals surface area contributed by atoms with E-state index in [-0.39, 0.29) is 18.1 Å². The number of rotatable bonds is 7. The lowest BCUT2D eigenvalue weighted by atomic mass is 9.78. The van der Waals surface area contributed by atoms with Crippen molar-refractivity contribution >= 4 is 22.6 Å². The largest absolute Gasteiger partial charge is 0.494 e. The maximum Gasteiger partial charge on any atom is 0.494 e. The monoisotopic (exact) mass is 490 g/mol. The van der Waals surface area contributed by atoms with Gasteiger partial charge < -0.3 is 18.6 Å². The van der Waals surface area contributed by atoms with Gasteiger partial charge in [-0.05, 0) is 64.1 Å². The van der Waals surface area contributed by atoms with E-state index in [1.54, 1.807) is 6.07 Å². The Bertz CT molecular complexity index is 987. The summed E-state index contributed by atoms with van der Waals surface area (Å²) < 4.78 is 73.7. The van der Waals surface area contributed by atoms with Crippen LogP contribution in [0.4, 0.5) is 17.6 Å². The van der Waals surface area contributed by atoms with Crippen molar-refractivity contribution in [2.24, 2.45) is 0 Å². The van der Waals surface area contributed by atoms with Gasteiger partial charge in [-0.1, -0.05) is 6.07 Å². The highest BCUT2D eigenvalue weighted by Crippen LogP contribution is 2.37. The van der Waals surface area contributed by atoms with Crippen LogP contribution < -0.4 is 5.46 Å². The second-order valence-corrected chi connectivity index (χ2v) is 14.7. The molecule has 184 valence electrons. The minimum atomic E-state index is -4.66. The van der Waals surface area contributed by atoms with E-state index in [4.69, 9.17) is 14.0 Å². The van der Waals surface area contributed by atoms with Crippen LogP contribution in [0.25, 0.3) is 11.4 Å². The lowest BCUT2D eigenvalue weighted by Crippen LogP contribution is -2.41. The van der Waals surface area contributed by atoms with Crippen LogP contribution in [0.1, 0.15) is 33.4 Å². The van der Waals surface area contributed by atoms with Gasteiger partial charge in [0, 0.05) is 11.9 Å². The van der Waals surface area contributed by atoms with Gasteiger partial charge in [0.25, 0.3) is 0 Å². The molecule has 0 amide bonds. The summed E-state index contributed by atoms with van der Waals surface area (Å²) in [4.78, 5) is 3.67. The van der Waals surface area contributed by atoms with Crippen LogP contribution in [-0.4, -0.2) is 59.0 Å². The Balaban J connectivity index is 1.88. The molecule has 0 N–H and O–H groups in total. The first kappa shape index (κ1) is 26.1. The molecule has 1 saturated heterocycles. The summed E-state index contributed by atoms with van der Waals surface area (Å²) in [6.07, 6.45) is 2.56. The number of aromatic nitrogens is 2. The number of alkyl halides is 3. The fourth-order valence-electron chi connectivity index (χ4n) is 3.18. The van der Waals surface area contributed by atoms with Crippen molar-refractivity contribution in [3.05, 3.63) is 35.9 Å². The van der Waals surface area contributed by atoms with E-state index in [0.29, 0.717) is 12.1 Å². The predicted octanol–water partition coefficient (Wildman–Crippen LogP) is 4.68. The molecule has 1 aliphatic heterocycles. The molecule has 5 nitrogen and oxygen atoms in total. The van der Waals surface area contributed by atoms with E-state index in [1.165, 1.54) is 16.7 Å². The lowest BCUT2D eigenvalue weighted by Gasteiger charge is -2.32. The summed E-state index contributed by atoms with van der Waals surface area (Å²) in [5.74, 6) is -0.0642. The first-order valence-electron chi connectivity index (χ1n) is 10.5. The molecule has 0 aliphatic carbocycles. The Morgan fingerprint density at radius 1 is 1.09 bits per heavy atom. The number of halogens is 4. The smallest absolute Gasteiger partial charge is 0.399 e. The second kappa shape index (κ2) is 8.90. The maximum absolute atomic E-state index is 15.1. The van der Waals surface area contributed by atoms with Gasteiger partial charge in [0.15, 0.2) is 5.69 Å². The predicted molar refractivity (Wildman–Crippen MR) is 125 cm³/mol. The van der Waals surface area contributed by atoms with Crippen LogP contribution in [0.3, 0.4) is 0 Å². The van der Waals surface area contributed by atoms with Gasteiger partial charge in [0.2, 0.25) is 0 Å². The highest BCUT2D eigenvalue weighted by atomic mass is 32.3. The van der Waals surface area contributed by atoms with E-state index >= 15 is 4.39 Å². The standard InChI is InChI=1S/C22H31BF4N2O3S/c1-20(2)21(3,4)32-23(31-20)15-8-9-16(17(24)12-15)19-28-18(22(25,26)27)13-29(19)14-30-10-11-33(5,6)7/h8-9,12-13H,10-11,14H2,1-7H3. The Morgan fingerprint density at radius 2 is 1.70 bits per heavy atom. The Hall–Kier alpha value is -1.56. The van der Waals surface area contributed by atoms with Crippen molar-refractivity contribution in [1.82, 2.24) is 9.55 Å². The van der Waals surface area contributed by atoms with Crippen LogP contribution in [0.5, 0.6) is 0 Å². The van der Waals surface area contributed by atoms with Crippen LogP contribution in [-0.2, 0) is 27.0 Å². The SMILES string of the molecule is CC1(C)OB(c2ccc(-c3nc(C(F)(F)F)cn3COCCS(C)(C)C)c(F)c2)OC1(C)C. The molecule has 1 fully saturated rings. The third kappa shape index (κ3) is 5.93. The average molecular weight is 490 g/mol. The Labute approximate surface area is 194 Å². The molecular formula is C22H31BF4N2O3S. The quantitative estimate of drug-likeness (QED) is 0.322. The van der Waals surface area contributed by atoms with Gasteiger partial charge in [-0.3, -0.25) is 0 Å². The average Bonchev–Trinajstić information content (AvgIpc) is 3.16. The van der Waals surface area contributed by atoms with E-state index in [2.05, 4.69) is 23.8 Å². The highest BCUT2D eigenvalue weighted by Gasteiger charge is 2.51. The summed E-state index contributed by atoms with van der Waals surface area (Å²) in [6.45, 7) is 7.76. The molecule has 3 rings (SSSR count). The molecular weight excluding hydrogens is 459 g/mol. The number of benzene rings is 1. The number of hydrogen-bond donors (Lipinski definition) is 0. The van der Waals surface area contributed by atoms with Crippen molar-refractivity contribution in [2.45, 2.75) is 51.8 Å². The van der Waals surface area contributed by atoms with E-state index < -0.39 is 46.0 Å². The summed E-state index contributed by atoms with van der Waals surface area (Å²) >= 11 is 0. The highest BCUT2D eigenvalue weighted by molar-refractivity contribution is 8.32. The lowest BCUT2D eigenvalue weighted by molar-refractivity contribution is -0.141. The van der Waals surface area contributed by atoms with Crippen LogP contribution in [0.15, 0.2) is 24.4 Å². The molecule has 2 aromatic rings. The minimum absolute atomic E-state index is 0.0594. The number of hydrogen-bond acceptors (Lipinski definition) is 4. The summed E-state index contributed by atoms with van der Waals surface area (Å²) in [5, 5.41) is 0. The van der Waals surface area contributed by atoms with Gasteiger partial charge in [-0.25, -0.2) is 19.4 Å². The fourth-order valence-corrected chi connectivity index (χ4v) is 3.79. The number of ether oxygens (including phenoxy) is 1. The second-order valence-electron chi connectivity index (χ2n) is 10.1. The zero-order chi connectivity index (χ0) is 24.8. The molecule has 0 radical (unpaired) electrons. The molecule has 0 atom stereocenters. The maximum atomic E-state index is 15.1. The fraction of sp³-hybridized carbons (Fsp3) is 0.591. The van der Waals surface area contributed by atoms with Crippen molar-refractivity contribution in [3.8, 4) is 11.4 Å². The summed E-state index contributed by atoms with van der Waals surface area (Å²) in [5.41, 5.74) is -1.92. The van der Waals surface area contributed by atoms with Gasteiger partial charge in [-0.15, -0.1) is 0 Å². The molecule has 0 unspecified atom stereocenters. The van der Waals surface area contributed by atoms with E-state index in [9.17, 15) is 13.2 Å². The molecule has 0 bridgehead atoms. The molecule has 2 heterocycles. The van der Waals surface area contributed by atoms with Crippen LogP contribution in [0, 0.1) is 5.82 Å². The number of imidazole rings is 1. The summed E-state index contributed by atoms with van der Waals surface area (Å²) in [7, 11) is -1.59. The van der Waals surface area contributed by atoms with Crippen molar-refractivity contribution in [3.63, 3.8) is 0 Å². The Kier molecular flexibility index (Phi) is 7.03.